The number of carbonyl (C=O) groups is 3. The van der Waals surface area contributed by atoms with Gasteiger partial charge in [0.05, 0.1) is 25.4 Å². The highest BCUT2D eigenvalue weighted by Gasteiger charge is 2.38. The standard InChI is InChI=1S/C23H21NO6/c1-13-21(23(28)30-4)18(10-15-8-9-19(26)20(11-15)29-3)22(27)24(13)17-7-5-6-16(12-17)14(2)25/h5-12,26H,1-4H3. The molecular formula is C23H21NO6. The molecule has 0 aliphatic carbocycles. The van der Waals surface area contributed by atoms with Gasteiger partial charge >= 0.3 is 5.97 Å². The summed E-state index contributed by atoms with van der Waals surface area (Å²) in [4.78, 5) is 38.9. The molecule has 0 aromatic heterocycles. The number of methoxy groups -OCH3 is 2. The molecule has 0 saturated carbocycles. The van der Waals surface area contributed by atoms with Gasteiger partial charge in [-0.25, -0.2) is 4.79 Å². The maximum Gasteiger partial charge on any atom is 0.340 e. The van der Waals surface area contributed by atoms with Crippen LogP contribution in [0, 0.1) is 0 Å². The first-order chi connectivity index (χ1) is 14.3. The molecule has 0 spiro atoms. The number of esters is 1. The van der Waals surface area contributed by atoms with Crippen LogP contribution in [0.15, 0.2) is 59.3 Å². The number of nitrogens with zero attached hydrogens (tertiary/aromatic N) is 1. The maximum absolute atomic E-state index is 13.3. The molecule has 0 fully saturated rings. The van der Waals surface area contributed by atoms with Gasteiger partial charge in [-0.3, -0.25) is 14.5 Å². The third-order valence-corrected chi connectivity index (χ3v) is 4.82. The number of phenolic OH excluding ortho intramolecular Hbond substituents is 1. The molecule has 2 aromatic rings. The van der Waals surface area contributed by atoms with Gasteiger partial charge in [0.15, 0.2) is 17.3 Å². The average Bonchev–Trinajstić information content (AvgIpc) is 2.98. The first kappa shape index (κ1) is 20.9. The summed E-state index contributed by atoms with van der Waals surface area (Å²) in [5.41, 5.74) is 2.14. The number of phenols is 1. The molecule has 0 unspecified atom stereocenters. The highest BCUT2D eigenvalue weighted by molar-refractivity contribution is 6.24. The topological polar surface area (TPSA) is 93.1 Å². The molecule has 1 amide bonds. The van der Waals surface area contributed by atoms with Crippen molar-refractivity contribution in [2.75, 3.05) is 19.1 Å². The van der Waals surface area contributed by atoms with Gasteiger partial charge in [-0.15, -0.1) is 0 Å². The summed E-state index contributed by atoms with van der Waals surface area (Å²) in [5.74, 6) is -1.02. The van der Waals surface area contributed by atoms with Crippen LogP contribution in [0.1, 0.15) is 29.8 Å². The lowest BCUT2D eigenvalue weighted by molar-refractivity contribution is -0.136. The molecule has 154 valence electrons. The molecule has 0 radical (unpaired) electrons. The Bertz CT molecular complexity index is 1110. The van der Waals surface area contributed by atoms with Gasteiger partial charge in [0.1, 0.15) is 0 Å². The van der Waals surface area contributed by atoms with E-state index >= 15 is 0 Å². The molecule has 1 aliphatic rings. The molecule has 1 N–H and O–H groups in total. The van der Waals surface area contributed by atoms with Crippen molar-refractivity contribution < 1.29 is 29.0 Å². The minimum absolute atomic E-state index is 0.0417. The Labute approximate surface area is 173 Å². The van der Waals surface area contributed by atoms with Crippen molar-refractivity contribution in [3.8, 4) is 11.5 Å². The van der Waals surface area contributed by atoms with E-state index in [1.807, 2.05) is 0 Å². The number of benzene rings is 2. The number of allylic oxidation sites excluding steroid dienone is 1. The second kappa shape index (κ2) is 8.24. The van der Waals surface area contributed by atoms with E-state index in [1.165, 1.54) is 38.2 Å². The number of anilines is 1. The molecular weight excluding hydrogens is 386 g/mol. The number of Topliss-reactive ketones (excluding diaryl/α,β-unsaturated/α-hetero) is 1. The highest BCUT2D eigenvalue weighted by atomic mass is 16.5. The van der Waals surface area contributed by atoms with Crippen molar-refractivity contribution in [2.45, 2.75) is 13.8 Å². The molecule has 7 nitrogen and oxygen atoms in total. The molecule has 0 saturated heterocycles. The van der Waals surface area contributed by atoms with Gasteiger partial charge in [-0.05, 0) is 49.8 Å². The van der Waals surface area contributed by atoms with Gasteiger partial charge in [0, 0.05) is 16.9 Å². The van der Waals surface area contributed by atoms with E-state index in [0.717, 1.165) is 0 Å². The Morgan fingerprint density at radius 1 is 1.10 bits per heavy atom. The Kier molecular flexibility index (Phi) is 5.73. The summed E-state index contributed by atoms with van der Waals surface area (Å²) in [6.07, 6.45) is 1.54. The minimum atomic E-state index is -0.650. The SMILES string of the molecule is COC(=O)C1=C(C)N(c2cccc(C(C)=O)c2)C(=O)C1=Cc1ccc(O)c(OC)c1. The van der Waals surface area contributed by atoms with Crippen LogP contribution in [0.4, 0.5) is 5.69 Å². The number of hydrogen-bond acceptors (Lipinski definition) is 6. The lowest BCUT2D eigenvalue weighted by Crippen LogP contribution is -2.24. The summed E-state index contributed by atoms with van der Waals surface area (Å²) >= 11 is 0. The molecule has 1 aliphatic heterocycles. The van der Waals surface area contributed by atoms with Gasteiger partial charge in [-0.2, -0.15) is 0 Å². The number of ether oxygens (including phenoxy) is 2. The first-order valence-corrected chi connectivity index (χ1v) is 9.12. The first-order valence-electron chi connectivity index (χ1n) is 9.12. The zero-order chi connectivity index (χ0) is 22.0. The van der Waals surface area contributed by atoms with Crippen molar-refractivity contribution in [1.29, 1.82) is 0 Å². The van der Waals surface area contributed by atoms with Crippen LogP contribution in [0.5, 0.6) is 11.5 Å². The van der Waals surface area contributed by atoms with Crippen LogP contribution in [0.25, 0.3) is 6.08 Å². The lowest BCUT2D eigenvalue weighted by atomic mass is 10.0. The van der Waals surface area contributed by atoms with Crippen molar-refractivity contribution >= 4 is 29.4 Å². The number of hydrogen-bond donors (Lipinski definition) is 1. The molecule has 2 aromatic carbocycles. The fourth-order valence-electron chi connectivity index (χ4n) is 3.31. The molecule has 1 heterocycles. The van der Waals surface area contributed by atoms with E-state index in [2.05, 4.69) is 0 Å². The molecule has 0 atom stereocenters. The summed E-state index contributed by atoms with van der Waals surface area (Å²) in [6, 6.07) is 11.2. The highest BCUT2D eigenvalue weighted by Crippen LogP contribution is 2.36. The van der Waals surface area contributed by atoms with Crippen LogP contribution in [0.3, 0.4) is 0 Å². The predicted octanol–water partition coefficient (Wildman–Crippen LogP) is 3.48. The fourth-order valence-corrected chi connectivity index (χ4v) is 3.31. The predicted molar refractivity (Wildman–Crippen MR) is 111 cm³/mol. The Balaban J connectivity index is 2.15. The number of rotatable bonds is 5. The van der Waals surface area contributed by atoms with E-state index in [0.29, 0.717) is 22.5 Å². The molecule has 3 rings (SSSR count). The number of aromatic hydroxyl groups is 1. The molecule has 0 bridgehead atoms. The second-order valence-electron chi connectivity index (χ2n) is 6.69. The van der Waals surface area contributed by atoms with Crippen molar-refractivity contribution in [3.05, 3.63) is 70.4 Å². The monoisotopic (exact) mass is 407 g/mol. The lowest BCUT2D eigenvalue weighted by Gasteiger charge is -2.18. The largest absolute Gasteiger partial charge is 0.504 e. The Hall–Kier alpha value is -3.87. The van der Waals surface area contributed by atoms with Gasteiger partial charge in [0.2, 0.25) is 0 Å². The number of ketones is 1. The van der Waals surface area contributed by atoms with E-state index in [9.17, 15) is 19.5 Å². The van der Waals surface area contributed by atoms with Crippen LogP contribution in [0.2, 0.25) is 0 Å². The van der Waals surface area contributed by atoms with Crippen LogP contribution >= 0.6 is 0 Å². The quantitative estimate of drug-likeness (QED) is 0.463. The van der Waals surface area contributed by atoms with E-state index in [4.69, 9.17) is 9.47 Å². The second-order valence-corrected chi connectivity index (χ2v) is 6.69. The number of amides is 1. The molecule has 7 heteroatoms. The third-order valence-electron chi connectivity index (χ3n) is 4.82. The normalized spacial score (nSPS) is 15.0. The van der Waals surface area contributed by atoms with Crippen LogP contribution in [-0.2, 0) is 14.3 Å². The van der Waals surface area contributed by atoms with Crippen LogP contribution < -0.4 is 9.64 Å². The van der Waals surface area contributed by atoms with Gasteiger partial charge < -0.3 is 14.6 Å². The summed E-state index contributed by atoms with van der Waals surface area (Å²) in [6.45, 7) is 3.08. The smallest absolute Gasteiger partial charge is 0.340 e. The van der Waals surface area contributed by atoms with E-state index < -0.39 is 11.9 Å². The van der Waals surface area contributed by atoms with Crippen molar-refractivity contribution in [1.82, 2.24) is 0 Å². The fraction of sp³-hybridized carbons (Fsp3) is 0.174. The summed E-state index contributed by atoms with van der Waals surface area (Å²) < 4.78 is 10.0. The van der Waals surface area contributed by atoms with Crippen molar-refractivity contribution in [3.63, 3.8) is 0 Å². The minimum Gasteiger partial charge on any atom is -0.504 e. The number of carbonyl (C=O) groups excluding carboxylic acids is 3. The van der Waals surface area contributed by atoms with Gasteiger partial charge in [-0.1, -0.05) is 18.2 Å². The van der Waals surface area contributed by atoms with E-state index in [1.54, 1.807) is 43.3 Å². The summed E-state index contributed by atoms with van der Waals surface area (Å²) in [7, 11) is 2.66. The van der Waals surface area contributed by atoms with Gasteiger partial charge in [0.25, 0.3) is 5.91 Å². The summed E-state index contributed by atoms with van der Waals surface area (Å²) in [5, 5.41) is 9.80. The average molecular weight is 407 g/mol. The molecule has 30 heavy (non-hydrogen) atoms. The third kappa shape index (κ3) is 3.69. The van der Waals surface area contributed by atoms with E-state index in [-0.39, 0.29) is 28.4 Å². The maximum atomic E-state index is 13.3. The van der Waals surface area contributed by atoms with Crippen LogP contribution in [-0.4, -0.2) is 37.0 Å². The van der Waals surface area contributed by atoms with Crippen molar-refractivity contribution in [2.24, 2.45) is 0 Å². The Morgan fingerprint density at radius 3 is 2.47 bits per heavy atom. The zero-order valence-corrected chi connectivity index (χ0v) is 17.1. The zero-order valence-electron chi connectivity index (χ0n) is 17.1. The Morgan fingerprint density at radius 2 is 1.83 bits per heavy atom.